The maximum Gasteiger partial charge on any atom is 0.248 e. The molecule has 7 nitrogen and oxygen atoms in total. The number of hydrogen-bond acceptors (Lipinski definition) is 4. The van der Waals surface area contributed by atoms with E-state index in [0.29, 0.717) is 19.4 Å². The summed E-state index contributed by atoms with van der Waals surface area (Å²) in [5, 5.41) is 6.00. The van der Waals surface area contributed by atoms with Crippen molar-refractivity contribution in [1.29, 1.82) is 0 Å². The lowest BCUT2D eigenvalue weighted by Crippen LogP contribution is -2.75. The Hall–Kier alpha value is -3.97. The van der Waals surface area contributed by atoms with Crippen LogP contribution in [0.5, 0.6) is 0 Å². The standard InChI is InChI=1S/C35H42N4O3/c1-3-21-39-33(41)32(26(2)36-31(40)25-28-14-16-30(17-15-28)29-12-8-5-9-13-29)37-34(42)35(39)19-23-38(24-20-35)22-18-27-10-6-4-7-11-27/h4-17,26,32H,3,18-25H2,1-2H3,(H,36,40)(H,37,42)/t26?,32-/m0/s1. The summed E-state index contributed by atoms with van der Waals surface area (Å²) in [5.74, 6) is -0.374. The van der Waals surface area contributed by atoms with Crippen LogP contribution >= 0.6 is 0 Å². The van der Waals surface area contributed by atoms with E-state index in [1.54, 1.807) is 6.92 Å². The summed E-state index contributed by atoms with van der Waals surface area (Å²) in [7, 11) is 0. The maximum absolute atomic E-state index is 13.8. The quantitative estimate of drug-likeness (QED) is 0.385. The summed E-state index contributed by atoms with van der Waals surface area (Å²) < 4.78 is 0. The van der Waals surface area contributed by atoms with Crippen molar-refractivity contribution in [2.45, 2.75) is 63.6 Å². The summed E-state index contributed by atoms with van der Waals surface area (Å²) in [6, 6.07) is 27.2. The Morgan fingerprint density at radius 2 is 1.50 bits per heavy atom. The van der Waals surface area contributed by atoms with Crippen molar-refractivity contribution in [3.8, 4) is 11.1 Å². The molecule has 0 radical (unpaired) electrons. The number of nitrogens with one attached hydrogen (secondary N) is 2. The molecule has 2 saturated heterocycles. The van der Waals surface area contributed by atoms with Crippen molar-refractivity contribution >= 4 is 17.7 Å². The van der Waals surface area contributed by atoms with E-state index in [2.05, 4.69) is 51.9 Å². The van der Waals surface area contributed by atoms with Crippen LogP contribution in [0.3, 0.4) is 0 Å². The lowest BCUT2D eigenvalue weighted by Gasteiger charge is -2.52. The molecule has 7 heteroatoms. The number of piperazine rings is 1. The van der Waals surface area contributed by atoms with Gasteiger partial charge in [0.15, 0.2) is 0 Å². The van der Waals surface area contributed by atoms with Crippen molar-refractivity contribution in [2.24, 2.45) is 0 Å². The molecule has 0 bridgehead atoms. The van der Waals surface area contributed by atoms with E-state index in [1.807, 2.05) is 60.4 Å². The highest BCUT2D eigenvalue weighted by Crippen LogP contribution is 2.34. The van der Waals surface area contributed by atoms with E-state index >= 15 is 0 Å². The molecule has 2 heterocycles. The number of piperidine rings is 1. The summed E-state index contributed by atoms with van der Waals surface area (Å²) >= 11 is 0. The van der Waals surface area contributed by atoms with Gasteiger partial charge in [-0.25, -0.2) is 0 Å². The van der Waals surface area contributed by atoms with E-state index in [1.165, 1.54) is 5.56 Å². The number of carbonyl (C=O) groups is 3. The van der Waals surface area contributed by atoms with Crippen molar-refractivity contribution < 1.29 is 14.4 Å². The van der Waals surface area contributed by atoms with E-state index in [4.69, 9.17) is 0 Å². The number of nitrogens with zero attached hydrogens (tertiary/aromatic N) is 2. The number of hydrogen-bond donors (Lipinski definition) is 2. The zero-order valence-corrected chi connectivity index (χ0v) is 24.7. The largest absolute Gasteiger partial charge is 0.351 e. The van der Waals surface area contributed by atoms with Gasteiger partial charge in [-0.15, -0.1) is 0 Å². The topological polar surface area (TPSA) is 81.8 Å². The fourth-order valence-corrected chi connectivity index (χ4v) is 6.32. The molecule has 1 unspecified atom stereocenters. The molecule has 220 valence electrons. The number of benzene rings is 3. The van der Waals surface area contributed by atoms with Crippen LogP contribution in [-0.4, -0.2) is 71.3 Å². The molecule has 2 atom stereocenters. The van der Waals surface area contributed by atoms with Crippen LogP contribution in [0, 0.1) is 0 Å². The van der Waals surface area contributed by atoms with Gasteiger partial charge in [-0.2, -0.15) is 0 Å². The van der Waals surface area contributed by atoms with Gasteiger partial charge in [-0.05, 0) is 54.9 Å². The molecule has 3 aromatic rings. The number of rotatable bonds is 10. The van der Waals surface area contributed by atoms with Gasteiger partial charge in [-0.1, -0.05) is 91.9 Å². The summed E-state index contributed by atoms with van der Waals surface area (Å²) in [6.07, 6.45) is 3.17. The van der Waals surface area contributed by atoms with Gasteiger partial charge in [0.25, 0.3) is 0 Å². The van der Waals surface area contributed by atoms with Crippen LogP contribution < -0.4 is 10.6 Å². The predicted molar refractivity (Wildman–Crippen MR) is 166 cm³/mol. The van der Waals surface area contributed by atoms with Gasteiger partial charge in [-0.3, -0.25) is 14.4 Å². The second-order valence-corrected chi connectivity index (χ2v) is 11.6. The highest BCUT2D eigenvalue weighted by Gasteiger charge is 2.54. The molecule has 1 spiro atoms. The second-order valence-electron chi connectivity index (χ2n) is 11.6. The molecular weight excluding hydrogens is 524 g/mol. The Kier molecular flexibility index (Phi) is 9.38. The van der Waals surface area contributed by atoms with Crippen LogP contribution in [0.2, 0.25) is 0 Å². The fraction of sp³-hybridized carbons (Fsp3) is 0.400. The molecule has 2 fully saturated rings. The third kappa shape index (κ3) is 6.57. The molecule has 5 rings (SSSR count). The molecule has 3 aromatic carbocycles. The lowest BCUT2D eigenvalue weighted by molar-refractivity contribution is -0.162. The SMILES string of the molecule is CCCN1C(=O)[C@H](C(C)NC(=O)Cc2ccc(-c3ccccc3)cc2)NC(=O)C12CCN(CCc1ccccc1)CC2. The molecule has 2 aliphatic rings. The molecular formula is C35H42N4O3. The van der Waals surface area contributed by atoms with Gasteiger partial charge >= 0.3 is 0 Å². The zero-order chi connectivity index (χ0) is 29.5. The summed E-state index contributed by atoms with van der Waals surface area (Å²) in [5.41, 5.74) is 3.59. The van der Waals surface area contributed by atoms with E-state index in [9.17, 15) is 14.4 Å². The van der Waals surface area contributed by atoms with Crippen LogP contribution in [0.25, 0.3) is 11.1 Å². The number of amides is 3. The molecule has 0 saturated carbocycles. The fourth-order valence-electron chi connectivity index (χ4n) is 6.32. The van der Waals surface area contributed by atoms with Gasteiger partial charge < -0.3 is 20.4 Å². The maximum atomic E-state index is 13.8. The Morgan fingerprint density at radius 1 is 0.881 bits per heavy atom. The van der Waals surface area contributed by atoms with Gasteiger partial charge in [0, 0.05) is 26.2 Å². The van der Waals surface area contributed by atoms with E-state index < -0.39 is 17.6 Å². The van der Waals surface area contributed by atoms with Gasteiger partial charge in [0.05, 0.1) is 12.5 Å². The lowest BCUT2D eigenvalue weighted by atomic mass is 9.81. The average Bonchev–Trinajstić information content (AvgIpc) is 3.02. The molecule has 3 amide bonds. The second kappa shape index (κ2) is 13.3. The third-order valence-electron chi connectivity index (χ3n) is 8.76. The first-order chi connectivity index (χ1) is 20.4. The van der Waals surface area contributed by atoms with Gasteiger partial charge in [0.2, 0.25) is 17.7 Å². The van der Waals surface area contributed by atoms with Crippen molar-refractivity contribution in [3.63, 3.8) is 0 Å². The summed E-state index contributed by atoms with van der Waals surface area (Å²) in [4.78, 5) is 44.7. The molecule has 2 N–H and O–H groups in total. The smallest absolute Gasteiger partial charge is 0.248 e. The highest BCUT2D eigenvalue weighted by molar-refractivity contribution is 6.00. The normalized spacial score (nSPS) is 19.4. The van der Waals surface area contributed by atoms with Gasteiger partial charge in [0.1, 0.15) is 11.6 Å². The Balaban J connectivity index is 1.18. The van der Waals surface area contributed by atoms with Crippen LogP contribution in [0.4, 0.5) is 0 Å². The molecule has 42 heavy (non-hydrogen) atoms. The number of carbonyl (C=O) groups excluding carboxylic acids is 3. The predicted octanol–water partition coefficient (Wildman–Crippen LogP) is 4.22. The van der Waals surface area contributed by atoms with Crippen molar-refractivity contribution in [2.75, 3.05) is 26.2 Å². The number of likely N-dealkylation sites (tertiary alicyclic amines) is 1. The Bertz CT molecular complexity index is 1350. The molecule has 0 aromatic heterocycles. The van der Waals surface area contributed by atoms with E-state index in [0.717, 1.165) is 49.2 Å². The minimum absolute atomic E-state index is 0.0964. The Labute approximate surface area is 249 Å². The monoisotopic (exact) mass is 566 g/mol. The van der Waals surface area contributed by atoms with Crippen LogP contribution in [0.1, 0.15) is 44.2 Å². The van der Waals surface area contributed by atoms with Crippen molar-refractivity contribution in [1.82, 2.24) is 20.4 Å². The first kappa shape index (κ1) is 29.5. The zero-order valence-electron chi connectivity index (χ0n) is 24.7. The highest BCUT2D eigenvalue weighted by atomic mass is 16.2. The summed E-state index contributed by atoms with van der Waals surface area (Å²) in [6.45, 7) is 6.84. The van der Waals surface area contributed by atoms with E-state index in [-0.39, 0.29) is 24.1 Å². The van der Waals surface area contributed by atoms with Crippen LogP contribution in [-0.2, 0) is 27.2 Å². The average molecular weight is 567 g/mol. The first-order valence-electron chi connectivity index (χ1n) is 15.2. The minimum atomic E-state index is -0.822. The first-order valence-corrected chi connectivity index (χ1v) is 15.2. The van der Waals surface area contributed by atoms with Crippen molar-refractivity contribution in [3.05, 3.63) is 96.1 Å². The Morgan fingerprint density at radius 3 is 2.14 bits per heavy atom. The van der Waals surface area contributed by atoms with Crippen LogP contribution in [0.15, 0.2) is 84.9 Å². The minimum Gasteiger partial charge on any atom is -0.351 e. The third-order valence-corrected chi connectivity index (χ3v) is 8.76. The molecule has 0 aliphatic carbocycles. The molecule has 2 aliphatic heterocycles.